The molecule has 3 nitrogen and oxygen atoms in total. The summed E-state index contributed by atoms with van der Waals surface area (Å²) in [7, 11) is 1.57. The monoisotopic (exact) mass is 470 g/mol. The zero-order valence-corrected chi connectivity index (χ0v) is 23.2. The number of hydrogen-bond acceptors (Lipinski definition) is 3. The largest absolute Gasteiger partial charge is 0.469 e. The van der Waals surface area contributed by atoms with E-state index in [0.717, 1.165) is 32.1 Å². The molecule has 0 bridgehead atoms. The smallest absolute Gasteiger partial charge is 0.308 e. The summed E-state index contributed by atoms with van der Waals surface area (Å²) in [6.07, 6.45) is 13.0. The van der Waals surface area contributed by atoms with Crippen LogP contribution in [0.3, 0.4) is 0 Å². The number of carbonyl (C=O) groups is 1. The van der Waals surface area contributed by atoms with Crippen molar-refractivity contribution >= 4 is 5.97 Å². The highest BCUT2D eigenvalue weighted by molar-refractivity contribution is 5.73. The quantitative estimate of drug-likeness (QED) is 0.332. The molecular formula is C31H50O3. The molecule has 2 fully saturated rings. The first-order valence-corrected chi connectivity index (χ1v) is 13.9. The van der Waals surface area contributed by atoms with Gasteiger partial charge in [-0.25, -0.2) is 0 Å². The highest BCUT2D eigenvalue weighted by Crippen LogP contribution is 2.72. The molecule has 0 spiro atoms. The summed E-state index contributed by atoms with van der Waals surface area (Å²) in [4.78, 5) is 13.0. The van der Waals surface area contributed by atoms with Gasteiger partial charge in [0.25, 0.3) is 0 Å². The molecule has 0 aromatic rings. The maximum atomic E-state index is 13.0. The Labute approximate surface area is 208 Å². The maximum absolute atomic E-state index is 13.0. The first-order chi connectivity index (χ1) is 15.8. The third kappa shape index (κ3) is 3.66. The van der Waals surface area contributed by atoms with E-state index in [9.17, 15) is 9.90 Å². The number of methoxy groups -OCH3 is 1. The molecule has 0 unspecified atom stereocenters. The van der Waals surface area contributed by atoms with E-state index in [1.165, 1.54) is 37.7 Å². The highest BCUT2D eigenvalue weighted by Gasteiger charge is 2.64. The molecule has 192 valence electrons. The number of aliphatic hydroxyl groups excluding tert-OH is 1. The summed E-state index contributed by atoms with van der Waals surface area (Å²) in [5.41, 5.74) is 5.30. The number of rotatable bonds is 5. The average Bonchev–Trinajstić information content (AvgIpc) is 3.05. The Kier molecular flexibility index (Phi) is 6.71. The van der Waals surface area contributed by atoms with Crippen molar-refractivity contribution in [1.29, 1.82) is 0 Å². The van der Waals surface area contributed by atoms with E-state index in [-0.39, 0.29) is 39.7 Å². The Bertz CT molecular complexity index is 877. The fourth-order valence-corrected chi connectivity index (χ4v) is 9.55. The van der Waals surface area contributed by atoms with Crippen molar-refractivity contribution in [2.24, 2.45) is 39.4 Å². The number of aliphatic hydroxyl groups is 1. The predicted octanol–water partition coefficient (Wildman–Crippen LogP) is 7.63. The Morgan fingerprint density at radius 2 is 1.74 bits per heavy atom. The van der Waals surface area contributed by atoms with E-state index in [4.69, 9.17) is 4.74 Å². The van der Waals surface area contributed by atoms with Crippen LogP contribution in [0.2, 0.25) is 0 Å². The van der Waals surface area contributed by atoms with E-state index in [1.807, 2.05) is 0 Å². The molecule has 1 N–H and O–H groups in total. The SMILES string of the molecule is COC(=O)[C@@H](CCC=C(C)C)[C@@H]1CC[C@]2(C)C3=C(CC[C@@]12C)[C@@]1(C)CC[C@@H](O)C(C)(C)[C@H]1CC3. The van der Waals surface area contributed by atoms with Crippen LogP contribution in [-0.2, 0) is 9.53 Å². The van der Waals surface area contributed by atoms with Gasteiger partial charge in [0.1, 0.15) is 0 Å². The summed E-state index contributed by atoms with van der Waals surface area (Å²) >= 11 is 0. The molecule has 0 amide bonds. The normalized spacial score (nSPS) is 41.7. The second kappa shape index (κ2) is 8.79. The van der Waals surface area contributed by atoms with Crippen molar-refractivity contribution in [2.75, 3.05) is 7.11 Å². The molecule has 4 rings (SSSR count). The van der Waals surface area contributed by atoms with Crippen molar-refractivity contribution in [3.63, 3.8) is 0 Å². The summed E-state index contributed by atoms with van der Waals surface area (Å²) in [6.45, 7) is 16.5. The third-order valence-corrected chi connectivity index (χ3v) is 11.8. The van der Waals surface area contributed by atoms with Gasteiger partial charge in [-0.3, -0.25) is 4.79 Å². The van der Waals surface area contributed by atoms with Crippen molar-refractivity contribution in [3.05, 3.63) is 22.8 Å². The first-order valence-electron chi connectivity index (χ1n) is 13.9. The zero-order valence-electron chi connectivity index (χ0n) is 23.2. The Hall–Kier alpha value is -1.09. The Balaban J connectivity index is 1.70. The van der Waals surface area contributed by atoms with E-state index < -0.39 is 0 Å². The molecule has 0 heterocycles. The van der Waals surface area contributed by atoms with Gasteiger partial charge >= 0.3 is 5.97 Å². The van der Waals surface area contributed by atoms with Gasteiger partial charge < -0.3 is 9.84 Å². The van der Waals surface area contributed by atoms with Gasteiger partial charge in [-0.2, -0.15) is 0 Å². The topological polar surface area (TPSA) is 46.5 Å². The lowest BCUT2D eigenvalue weighted by Gasteiger charge is -2.62. The van der Waals surface area contributed by atoms with Gasteiger partial charge in [-0.1, -0.05) is 57.4 Å². The molecule has 2 saturated carbocycles. The Morgan fingerprint density at radius 1 is 1.03 bits per heavy atom. The molecular weight excluding hydrogens is 420 g/mol. The van der Waals surface area contributed by atoms with Crippen LogP contribution in [0, 0.1) is 39.4 Å². The fraction of sp³-hybridized carbons (Fsp3) is 0.839. The lowest BCUT2D eigenvalue weighted by Crippen LogP contribution is -2.55. The minimum absolute atomic E-state index is 0.00362. The van der Waals surface area contributed by atoms with Crippen molar-refractivity contribution < 1.29 is 14.6 Å². The fourth-order valence-electron chi connectivity index (χ4n) is 9.55. The minimum atomic E-state index is -0.186. The molecule has 0 aromatic carbocycles. The summed E-state index contributed by atoms with van der Waals surface area (Å²) in [6, 6.07) is 0. The Morgan fingerprint density at radius 3 is 2.38 bits per heavy atom. The van der Waals surface area contributed by atoms with Gasteiger partial charge in [-0.05, 0) is 112 Å². The van der Waals surface area contributed by atoms with Crippen LogP contribution >= 0.6 is 0 Å². The van der Waals surface area contributed by atoms with E-state index in [2.05, 4.69) is 54.5 Å². The minimum Gasteiger partial charge on any atom is -0.469 e. The second-order valence-electron chi connectivity index (χ2n) is 13.7. The molecule has 3 heteroatoms. The maximum Gasteiger partial charge on any atom is 0.308 e. The average molecular weight is 471 g/mol. The second-order valence-corrected chi connectivity index (χ2v) is 13.7. The third-order valence-electron chi connectivity index (χ3n) is 11.8. The van der Waals surface area contributed by atoms with Crippen LogP contribution in [0.5, 0.6) is 0 Å². The van der Waals surface area contributed by atoms with Crippen LogP contribution in [-0.4, -0.2) is 24.3 Å². The molecule has 4 aliphatic rings. The number of hydrogen-bond donors (Lipinski definition) is 1. The van der Waals surface area contributed by atoms with Crippen LogP contribution in [0.15, 0.2) is 22.8 Å². The number of fused-ring (bicyclic) bond motifs is 4. The van der Waals surface area contributed by atoms with E-state index >= 15 is 0 Å². The van der Waals surface area contributed by atoms with Crippen LogP contribution < -0.4 is 0 Å². The lowest BCUT2D eigenvalue weighted by molar-refractivity contribution is -0.150. The summed E-state index contributed by atoms with van der Waals surface area (Å²) in [5, 5.41) is 10.8. The zero-order chi connectivity index (χ0) is 25.1. The molecule has 0 radical (unpaired) electrons. The van der Waals surface area contributed by atoms with Crippen LogP contribution in [0.4, 0.5) is 0 Å². The van der Waals surface area contributed by atoms with E-state index in [1.54, 1.807) is 18.3 Å². The van der Waals surface area contributed by atoms with Gasteiger partial charge in [0, 0.05) is 0 Å². The number of ether oxygens (including phenoxy) is 1. The molecule has 0 aromatic heterocycles. The first kappa shape index (κ1) is 26.0. The van der Waals surface area contributed by atoms with Crippen molar-refractivity contribution in [2.45, 2.75) is 119 Å². The molecule has 0 aliphatic heterocycles. The highest BCUT2D eigenvalue weighted by atomic mass is 16.5. The summed E-state index contributed by atoms with van der Waals surface area (Å²) in [5.74, 6) is 0.931. The van der Waals surface area contributed by atoms with Gasteiger partial charge in [0.15, 0.2) is 0 Å². The standard InChI is InChI=1S/C31H50O3/c1-20(2)10-9-11-21(27(33)34-8)22-14-18-31(7)24-12-13-25-28(3,4)26(32)16-17-29(25,5)23(24)15-19-30(22,31)6/h10,21-22,25-26,32H,9,11-19H2,1-8H3/t21-,22-,25+,26+,29+,30-,31+/m0/s1. The molecule has 34 heavy (non-hydrogen) atoms. The van der Waals surface area contributed by atoms with Gasteiger partial charge in [0.2, 0.25) is 0 Å². The van der Waals surface area contributed by atoms with Crippen LogP contribution in [0.1, 0.15) is 113 Å². The van der Waals surface area contributed by atoms with Crippen molar-refractivity contribution in [1.82, 2.24) is 0 Å². The van der Waals surface area contributed by atoms with E-state index in [0.29, 0.717) is 11.8 Å². The predicted molar refractivity (Wildman–Crippen MR) is 139 cm³/mol. The lowest BCUT2D eigenvalue weighted by atomic mass is 9.43. The molecule has 4 aliphatic carbocycles. The van der Waals surface area contributed by atoms with Gasteiger partial charge in [-0.15, -0.1) is 0 Å². The van der Waals surface area contributed by atoms with Crippen molar-refractivity contribution in [3.8, 4) is 0 Å². The molecule has 0 saturated heterocycles. The summed E-state index contributed by atoms with van der Waals surface area (Å²) < 4.78 is 5.37. The number of carbonyl (C=O) groups excluding carboxylic acids is 1. The van der Waals surface area contributed by atoms with Crippen LogP contribution in [0.25, 0.3) is 0 Å². The van der Waals surface area contributed by atoms with Gasteiger partial charge in [0.05, 0.1) is 19.1 Å². The molecule has 7 atom stereocenters. The number of esters is 1. The number of allylic oxidation sites excluding steroid dienone is 4.